The number of nitrogens with one attached hydrogen (secondary N) is 1. The van der Waals surface area contributed by atoms with Gasteiger partial charge in [-0.15, -0.1) is 0 Å². The van der Waals surface area contributed by atoms with Crippen molar-refractivity contribution in [3.63, 3.8) is 0 Å². The average molecular weight is 390 g/mol. The SMILES string of the molecule is O=C(N/N=C/c1ccc(Cl)cc1)C1CCN(Cc2ccc(Cl)cc2)CC1. The molecule has 1 heterocycles. The number of hydrogen-bond acceptors (Lipinski definition) is 3. The Kier molecular flexibility index (Phi) is 6.67. The van der Waals surface area contributed by atoms with E-state index in [1.807, 2.05) is 36.4 Å². The monoisotopic (exact) mass is 389 g/mol. The maximum absolute atomic E-state index is 12.3. The molecule has 1 fully saturated rings. The first-order valence-electron chi connectivity index (χ1n) is 8.65. The van der Waals surface area contributed by atoms with E-state index in [-0.39, 0.29) is 11.8 Å². The highest BCUT2D eigenvalue weighted by molar-refractivity contribution is 6.30. The van der Waals surface area contributed by atoms with E-state index >= 15 is 0 Å². The third-order valence-electron chi connectivity index (χ3n) is 4.54. The van der Waals surface area contributed by atoms with Crippen molar-refractivity contribution in [2.75, 3.05) is 13.1 Å². The Morgan fingerprint density at radius 1 is 1.04 bits per heavy atom. The number of piperidine rings is 1. The standard InChI is InChI=1S/C20H21Cl2N3O/c21-18-5-1-15(2-6-18)13-23-24-20(26)17-9-11-25(12-10-17)14-16-3-7-19(22)8-4-16/h1-8,13,17H,9-12,14H2,(H,24,26)/b23-13+. The molecule has 1 aliphatic heterocycles. The molecule has 0 atom stereocenters. The Morgan fingerprint density at radius 3 is 2.23 bits per heavy atom. The molecule has 1 N–H and O–H groups in total. The van der Waals surface area contributed by atoms with Gasteiger partial charge in [0, 0.05) is 22.5 Å². The summed E-state index contributed by atoms with van der Waals surface area (Å²) in [5.41, 5.74) is 4.79. The van der Waals surface area contributed by atoms with Crippen LogP contribution in [0.1, 0.15) is 24.0 Å². The third kappa shape index (κ3) is 5.56. The Labute approximate surface area is 163 Å². The van der Waals surface area contributed by atoms with Gasteiger partial charge in [0.1, 0.15) is 0 Å². The fourth-order valence-corrected chi connectivity index (χ4v) is 3.26. The Morgan fingerprint density at radius 2 is 1.62 bits per heavy atom. The number of benzene rings is 2. The van der Waals surface area contributed by atoms with Crippen molar-refractivity contribution in [2.45, 2.75) is 19.4 Å². The minimum absolute atomic E-state index is 0.0126. The molecule has 0 aliphatic carbocycles. The first-order chi connectivity index (χ1) is 12.6. The lowest BCUT2D eigenvalue weighted by Crippen LogP contribution is -2.39. The van der Waals surface area contributed by atoms with Crippen LogP contribution in [-0.4, -0.2) is 30.1 Å². The quantitative estimate of drug-likeness (QED) is 0.609. The maximum Gasteiger partial charge on any atom is 0.243 e. The van der Waals surface area contributed by atoms with Crippen LogP contribution in [0.3, 0.4) is 0 Å². The lowest BCUT2D eigenvalue weighted by Gasteiger charge is -2.30. The molecule has 0 saturated carbocycles. The second-order valence-corrected chi connectivity index (χ2v) is 7.34. The van der Waals surface area contributed by atoms with Crippen molar-refractivity contribution < 1.29 is 4.79 Å². The average Bonchev–Trinajstić information content (AvgIpc) is 2.66. The Balaban J connectivity index is 1.43. The molecular weight excluding hydrogens is 369 g/mol. The second kappa shape index (κ2) is 9.17. The highest BCUT2D eigenvalue weighted by atomic mass is 35.5. The van der Waals surface area contributed by atoms with Crippen LogP contribution in [0.2, 0.25) is 10.0 Å². The summed E-state index contributed by atoms with van der Waals surface area (Å²) in [4.78, 5) is 14.6. The Bertz CT molecular complexity index is 752. The van der Waals surface area contributed by atoms with Gasteiger partial charge in [0.15, 0.2) is 0 Å². The minimum Gasteiger partial charge on any atom is -0.299 e. The molecule has 0 spiro atoms. The molecule has 0 radical (unpaired) electrons. The molecule has 136 valence electrons. The van der Waals surface area contributed by atoms with Crippen LogP contribution in [0.15, 0.2) is 53.6 Å². The van der Waals surface area contributed by atoms with E-state index in [2.05, 4.69) is 15.4 Å². The number of hydrazone groups is 1. The van der Waals surface area contributed by atoms with Crippen LogP contribution < -0.4 is 5.43 Å². The summed E-state index contributed by atoms with van der Waals surface area (Å²) in [6.45, 7) is 2.70. The predicted octanol–water partition coefficient (Wildman–Crippen LogP) is 4.36. The molecule has 1 amide bonds. The molecule has 6 heteroatoms. The molecule has 3 rings (SSSR count). The van der Waals surface area contributed by atoms with Gasteiger partial charge in [-0.05, 0) is 61.3 Å². The molecule has 0 aromatic heterocycles. The van der Waals surface area contributed by atoms with Gasteiger partial charge in [0.2, 0.25) is 5.91 Å². The largest absolute Gasteiger partial charge is 0.299 e. The number of amides is 1. The molecule has 2 aromatic carbocycles. The lowest BCUT2D eigenvalue weighted by molar-refractivity contribution is -0.126. The number of rotatable bonds is 5. The lowest BCUT2D eigenvalue weighted by atomic mass is 9.96. The van der Waals surface area contributed by atoms with Crippen molar-refractivity contribution in [3.8, 4) is 0 Å². The van der Waals surface area contributed by atoms with Gasteiger partial charge in [-0.2, -0.15) is 5.10 Å². The summed E-state index contributed by atoms with van der Waals surface area (Å²) < 4.78 is 0. The minimum atomic E-state index is -0.0126. The van der Waals surface area contributed by atoms with Crippen LogP contribution in [0.25, 0.3) is 0 Å². The first-order valence-corrected chi connectivity index (χ1v) is 9.41. The van der Waals surface area contributed by atoms with Gasteiger partial charge in [0.25, 0.3) is 0 Å². The summed E-state index contributed by atoms with van der Waals surface area (Å²) in [6.07, 6.45) is 3.32. The zero-order chi connectivity index (χ0) is 18.4. The van der Waals surface area contributed by atoms with Crippen molar-refractivity contribution >= 4 is 35.3 Å². The fraction of sp³-hybridized carbons (Fsp3) is 0.300. The van der Waals surface area contributed by atoms with E-state index in [4.69, 9.17) is 23.2 Å². The zero-order valence-corrected chi connectivity index (χ0v) is 15.9. The van der Waals surface area contributed by atoms with E-state index in [1.54, 1.807) is 18.3 Å². The van der Waals surface area contributed by atoms with Crippen LogP contribution in [0, 0.1) is 5.92 Å². The maximum atomic E-state index is 12.3. The molecule has 4 nitrogen and oxygen atoms in total. The number of likely N-dealkylation sites (tertiary alicyclic amines) is 1. The summed E-state index contributed by atoms with van der Waals surface area (Å²) in [6, 6.07) is 15.2. The highest BCUT2D eigenvalue weighted by Gasteiger charge is 2.24. The normalized spacial score (nSPS) is 16.1. The number of carbonyl (C=O) groups is 1. The van der Waals surface area contributed by atoms with Gasteiger partial charge in [-0.1, -0.05) is 47.5 Å². The van der Waals surface area contributed by atoms with Crippen LogP contribution in [-0.2, 0) is 11.3 Å². The third-order valence-corrected chi connectivity index (χ3v) is 5.04. The molecule has 0 bridgehead atoms. The van der Waals surface area contributed by atoms with E-state index < -0.39 is 0 Å². The van der Waals surface area contributed by atoms with E-state index in [0.717, 1.165) is 43.1 Å². The summed E-state index contributed by atoms with van der Waals surface area (Å²) in [7, 11) is 0. The topological polar surface area (TPSA) is 44.7 Å². The van der Waals surface area contributed by atoms with E-state index in [1.165, 1.54) is 5.56 Å². The van der Waals surface area contributed by atoms with Crippen molar-refractivity contribution in [1.29, 1.82) is 0 Å². The molecular formula is C20H21Cl2N3O. The molecule has 1 aliphatic rings. The van der Waals surface area contributed by atoms with Gasteiger partial charge >= 0.3 is 0 Å². The summed E-state index contributed by atoms with van der Waals surface area (Å²) >= 11 is 11.8. The number of halogens is 2. The molecule has 2 aromatic rings. The second-order valence-electron chi connectivity index (χ2n) is 6.46. The molecule has 26 heavy (non-hydrogen) atoms. The summed E-state index contributed by atoms with van der Waals surface area (Å²) in [5.74, 6) is 0.000178. The van der Waals surface area contributed by atoms with E-state index in [9.17, 15) is 4.79 Å². The Hall–Kier alpha value is -1.88. The van der Waals surface area contributed by atoms with Crippen molar-refractivity contribution in [3.05, 3.63) is 69.7 Å². The first kappa shape index (κ1) is 18.9. The van der Waals surface area contributed by atoms with Crippen molar-refractivity contribution in [1.82, 2.24) is 10.3 Å². The van der Waals surface area contributed by atoms with Gasteiger partial charge in [-0.25, -0.2) is 5.43 Å². The predicted molar refractivity (Wildman–Crippen MR) is 107 cm³/mol. The molecule has 0 unspecified atom stereocenters. The zero-order valence-electron chi connectivity index (χ0n) is 14.4. The highest BCUT2D eigenvalue weighted by Crippen LogP contribution is 2.20. The van der Waals surface area contributed by atoms with E-state index in [0.29, 0.717) is 5.02 Å². The van der Waals surface area contributed by atoms with Crippen LogP contribution >= 0.6 is 23.2 Å². The smallest absolute Gasteiger partial charge is 0.243 e. The van der Waals surface area contributed by atoms with Gasteiger partial charge < -0.3 is 0 Å². The fourth-order valence-electron chi connectivity index (χ4n) is 3.01. The number of carbonyl (C=O) groups excluding carboxylic acids is 1. The summed E-state index contributed by atoms with van der Waals surface area (Å²) in [5, 5.41) is 5.48. The molecule has 1 saturated heterocycles. The van der Waals surface area contributed by atoms with Gasteiger partial charge in [0.05, 0.1) is 6.21 Å². The number of nitrogens with zero attached hydrogens (tertiary/aromatic N) is 2. The van der Waals surface area contributed by atoms with Crippen LogP contribution in [0.5, 0.6) is 0 Å². The van der Waals surface area contributed by atoms with Gasteiger partial charge in [-0.3, -0.25) is 9.69 Å². The number of hydrogen-bond donors (Lipinski definition) is 1. The van der Waals surface area contributed by atoms with Crippen molar-refractivity contribution in [2.24, 2.45) is 11.0 Å². The van der Waals surface area contributed by atoms with Crippen LogP contribution in [0.4, 0.5) is 0 Å².